The molecule has 3 aromatic rings. The number of halogens is 1. The van der Waals surface area contributed by atoms with Crippen LogP contribution in [-0.4, -0.2) is 25.7 Å². The molecular formula is C25H23ClN2O4. The van der Waals surface area contributed by atoms with Crippen molar-refractivity contribution in [3.8, 4) is 22.6 Å². The Balaban J connectivity index is 0.00000259. The maximum absolute atomic E-state index is 13.2. The van der Waals surface area contributed by atoms with Gasteiger partial charge < -0.3 is 20.1 Å². The molecule has 0 aromatic heterocycles. The molecule has 0 spiro atoms. The number of fused-ring (bicyclic) bond motifs is 1. The van der Waals surface area contributed by atoms with Gasteiger partial charge in [-0.2, -0.15) is 0 Å². The lowest BCUT2D eigenvalue weighted by atomic mass is 9.94. The Morgan fingerprint density at radius 2 is 1.81 bits per heavy atom. The van der Waals surface area contributed by atoms with Crippen molar-refractivity contribution in [3.05, 3.63) is 76.8 Å². The molecule has 1 fully saturated rings. The van der Waals surface area contributed by atoms with E-state index in [2.05, 4.69) is 10.6 Å². The molecule has 0 unspecified atom stereocenters. The molecule has 0 radical (unpaired) electrons. The minimum absolute atomic E-state index is 0. The lowest BCUT2D eigenvalue weighted by Gasteiger charge is -2.17. The zero-order chi connectivity index (χ0) is 22.3. The molecule has 3 aromatic carbocycles. The lowest BCUT2D eigenvalue weighted by molar-refractivity contribution is -0.118. The van der Waals surface area contributed by atoms with Gasteiger partial charge in [0.1, 0.15) is 0 Å². The van der Waals surface area contributed by atoms with E-state index in [0.717, 1.165) is 29.5 Å². The van der Waals surface area contributed by atoms with Crippen LogP contribution in [0, 0.1) is 0 Å². The third kappa shape index (κ3) is 3.56. The third-order valence-corrected chi connectivity index (χ3v) is 6.33. The van der Waals surface area contributed by atoms with Gasteiger partial charge in [0.15, 0.2) is 11.5 Å². The topological polar surface area (TPSA) is 76.7 Å². The molecule has 5 rings (SSSR count). The highest BCUT2D eigenvalue weighted by Crippen LogP contribution is 2.51. The summed E-state index contributed by atoms with van der Waals surface area (Å²) in [4.78, 5) is 25.2. The van der Waals surface area contributed by atoms with E-state index in [1.165, 1.54) is 0 Å². The standard InChI is InChI=1S/C25H21ClN2O4.H2/c1-27-23(29)16-4-2-3-15(11-16)19-13-18(6-7-20(19)26)28-24(30)25(9-10-25)17-5-8-21-22(12-17)32-14-31-21;/h2-8,11-13H,9-10,14H2,1H3,(H,27,29)(H,28,30);1H. The first-order chi connectivity index (χ1) is 15.5. The van der Waals surface area contributed by atoms with Crippen molar-refractivity contribution >= 4 is 29.1 Å². The smallest absolute Gasteiger partial charge is 0.251 e. The molecule has 1 aliphatic carbocycles. The summed E-state index contributed by atoms with van der Waals surface area (Å²) >= 11 is 6.45. The van der Waals surface area contributed by atoms with Gasteiger partial charge >= 0.3 is 0 Å². The SMILES string of the molecule is CNC(=O)c1cccc(-c2cc(NC(=O)C3(c4ccc5c(c4)OCO5)CC3)ccc2Cl)c1.[HH]. The first-order valence-corrected chi connectivity index (χ1v) is 10.7. The van der Waals surface area contributed by atoms with Gasteiger partial charge in [-0.1, -0.05) is 29.8 Å². The van der Waals surface area contributed by atoms with Crippen molar-refractivity contribution in [2.75, 3.05) is 19.2 Å². The van der Waals surface area contributed by atoms with Crippen LogP contribution in [0.4, 0.5) is 5.69 Å². The summed E-state index contributed by atoms with van der Waals surface area (Å²) in [5.41, 5.74) is 3.07. The number of carbonyl (C=O) groups excluding carboxylic acids is 2. The van der Waals surface area contributed by atoms with Gasteiger partial charge in [-0.3, -0.25) is 9.59 Å². The van der Waals surface area contributed by atoms with Crippen LogP contribution in [0.5, 0.6) is 11.5 Å². The van der Waals surface area contributed by atoms with Crippen LogP contribution in [0.2, 0.25) is 5.02 Å². The summed E-state index contributed by atoms with van der Waals surface area (Å²) in [5.74, 6) is 1.13. The zero-order valence-electron chi connectivity index (χ0n) is 17.4. The molecular weight excluding hydrogens is 428 g/mol. The summed E-state index contributed by atoms with van der Waals surface area (Å²) < 4.78 is 10.9. The fourth-order valence-corrected chi connectivity index (χ4v) is 4.24. The van der Waals surface area contributed by atoms with Crippen molar-refractivity contribution in [2.45, 2.75) is 18.3 Å². The molecule has 1 saturated carbocycles. The zero-order valence-corrected chi connectivity index (χ0v) is 18.2. The van der Waals surface area contributed by atoms with E-state index in [9.17, 15) is 9.59 Å². The minimum atomic E-state index is -0.570. The van der Waals surface area contributed by atoms with Crippen LogP contribution in [0.3, 0.4) is 0 Å². The molecule has 7 heteroatoms. The number of rotatable bonds is 5. The van der Waals surface area contributed by atoms with E-state index in [1.807, 2.05) is 30.3 Å². The van der Waals surface area contributed by atoms with Gasteiger partial charge in [0.25, 0.3) is 5.91 Å². The Hall–Kier alpha value is -3.51. The van der Waals surface area contributed by atoms with Crippen molar-refractivity contribution in [2.24, 2.45) is 0 Å². The number of amides is 2. The molecule has 1 heterocycles. The van der Waals surface area contributed by atoms with Crippen molar-refractivity contribution in [3.63, 3.8) is 0 Å². The molecule has 0 saturated heterocycles. The van der Waals surface area contributed by atoms with Crippen molar-refractivity contribution < 1.29 is 20.5 Å². The summed E-state index contributed by atoms with van der Waals surface area (Å²) in [6.45, 7) is 0.201. The highest BCUT2D eigenvalue weighted by Gasteiger charge is 2.51. The Labute approximate surface area is 192 Å². The Bertz CT molecular complexity index is 1240. The Morgan fingerprint density at radius 1 is 1.00 bits per heavy atom. The van der Waals surface area contributed by atoms with E-state index in [-0.39, 0.29) is 20.0 Å². The Kier molecular flexibility index (Phi) is 5.02. The van der Waals surface area contributed by atoms with Crippen LogP contribution in [0.15, 0.2) is 60.7 Å². The second kappa shape index (κ2) is 7.88. The fraction of sp³-hybridized carbons (Fsp3) is 0.200. The Morgan fingerprint density at radius 3 is 2.59 bits per heavy atom. The average Bonchev–Trinajstić information content (AvgIpc) is 3.50. The largest absolute Gasteiger partial charge is 0.454 e. The highest BCUT2D eigenvalue weighted by atomic mass is 35.5. The molecule has 0 atom stereocenters. The number of hydrogen-bond acceptors (Lipinski definition) is 4. The summed E-state index contributed by atoms with van der Waals surface area (Å²) in [6, 6.07) is 18.2. The molecule has 0 bridgehead atoms. The predicted molar refractivity (Wildman–Crippen MR) is 124 cm³/mol. The van der Waals surface area contributed by atoms with E-state index in [1.54, 1.807) is 37.4 Å². The van der Waals surface area contributed by atoms with Crippen LogP contribution in [-0.2, 0) is 10.2 Å². The molecule has 2 N–H and O–H groups in total. The monoisotopic (exact) mass is 450 g/mol. The summed E-state index contributed by atoms with van der Waals surface area (Å²) in [5, 5.41) is 6.20. The fourth-order valence-electron chi connectivity index (χ4n) is 4.01. The highest BCUT2D eigenvalue weighted by molar-refractivity contribution is 6.33. The number of carbonyl (C=O) groups is 2. The maximum atomic E-state index is 13.2. The van der Waals surface area contributed by atoms with Gasteiger partial charge in [-0.15, -0.1) is 0 Å². The maximum Gasteiger partial charge on any atom is 0.251 e. The van der Waals surface area contributed by atoms with Crippen LogP contribution >= 0.6 is 11.6 Å². The van der Waals surface area contributed by atoms with Crippen LogP contribution in [0.25, 0.3) is 11.1 Å². The normalized spacial score (nSPS) is 15.2. The van der Waals surface area contributed by atoms with Crippen molar-refractivity contribution in [1.82, 2.24) is 5.32 Å². The number of anilines is 1. The third-order valence-electron chi connectivity index (χ3n) is 6.00. The quantitative estimate of drug-likeness (QED) is 0.572. The van der Waals surface area contributed by atoms with Gasteiger partial charge in [-0.25, -0.2) is 0 Å². The molecule has 2 amide bonds. The molecule has 32 heavy (non-hydrogen) atoms. The van der Waals surface area contributed by atoms with Gasteiger partial charge in [0.05, 0.1) is 5.41 Å². The number of ether oxygens (including phenoxy) is 2. The van der Waals surface area contributed by atoms with Gasteiger partial charge in [-0.05, 0) is 66.4 Å². The van der Waals surface area contributed by atoms with E-state index >= 15 is 0 Å². The average molecular weight is 451 g/mol. The molecule has 6 nitrogen and oxygen atoms in total. The van der Waals surface area contributed by atoms with Crippen molar-refractivity contribution in [1.29, 1.82) is 0 Å². The van der Waals surface area contributed by atoms with Gasteiger partial charge in [0, 0.05) is 30.3 Å². The number of nitrogens with one attached hydrogen (secondary N) is 2. The second-order valence-electron chi connectivity index (χ2n) is 7.96. The first kappa shape index (κ1) is 20.4. The van der Waals surface area contributed by atoms with E-state index in [4.69, 9.17) is 21.1 Å². The predicted octanol–water partition coefficient (Wildman–Crippen LogP) is 5.01. The minimum Gasteiger partial charge on any atom is -0.454 e. The second-order valence-corrected chi connectivity index (χ2v) is 8.37. The lowest BCUT2D eigenvalue weighted by Crippen LogP contribution is -2.27. The molecule has 164 valence electrons. The van der Waals surface area contributed by atoms with E-state index < -0.39 is 5.41 Å². The number of hydrogen-bond donors (Lipinski definition) is 2. The molecule has 1 aliphatic heterocycles. The van der Waals surface area contributed by atoms with Crippen LogP contribution < -0.4 is 20.1 Å². The van der Waals surface area contributed by atoms with E-state index in [0.29, 0.717) is 27.8 Å². The molecule has 2 aliphatic rings. The summed E-state index contributed by atoms with van der Waals surface area (Å²) in [7, 11) is 1.59. The van der Waals surface area contributed by atoms with Gasteiger partial charge in [0.2, 0.25) is 12.7 Å². The van der Waals surface area contributed by atoms with Crippen LogP contribution in [0.1, 0.15) is 30.2 Å². The first-order valence-electron chi connectivity index (χ1n) is 10.3. The number of benzene rings is 3. The summed E-state index contributed by atoms with van der Waals surface area (Å²) in [6.07, 6.45) is 1.54.